The van der Waals surface area contributed by atoms with Gasteiger partial charge in [0.1, 0.15) is 0 Å². The predicted octanol–water partition coefficient (Wildman–Crippen LogP) is 1.82. The molecule has 72 valence electrons. The van der Waals surface area contributed by atoms with Crippen molar-refractivity contribution in [2.24, 2.45) is 11.8 Å². The summed E-state index contributed by atoms with van der Waals surface area (Å²) < 4.78 is 5.18. The molecule has 2 heteroatoms. The van der Waals surface area contributed by atoms with Crippen molar-refractivity contribution in [1.82, 2.24) is 0 Å². The molecular formula is C10H20O2. The third kappa shape index (κ3) is 3.11. The summed E-state index contributed by atoms with van der Waals surface area (Å²) in [6.07, 6.45) is 3.42. The van der Waals surface area contributed by atoms with Gasteiger partial charge in [-0.1, -0.05) is 26.7 Å². The normalized spacial score (nSPS) is 30.0. The molecule has 1 heterocycles. The first-order chi connectivity index (χ1) is 5.70. The van der Waals surface area contributed by atoms with E-state index in [0.717, 1.165) is 18.9 Å². The summed E-state index contributed by atoms with van der Waals surface area (Å²) in [6, 6.07) is 0. The van der Waals surface area contributed by atoms with E-state index in [4.69, 9.17) is 4.74 Å². The van der Waals surface area contributed by atoms with Crippen LogP contribution in [0.1, 0.15) is 33.1 Å². The van der Waals surface area contributed by atoms with E-state index in [0.29, 0.717) is 12.5 Å². The molecule has 1 aliphatic rings. The Balaban J connectivity index is 2.06. The van der Waals surface area contributed by atoms with Crippen LogP contribution in [0.15, 0.2) is 0 Å². The second-order valence-electron chi connectivity index (χ2n) is 4.19. The summed E-state index contributed by atoms with van der Waals surface area (Å²) in [5.41, 5.74) is 0. The van der Waals surface area contributed by atoms with Crippen molar-refractivity contribution in [2.45, 2.75) is 39.2 Å². The molecule has 0 aromatic heterocycles. The fraction of sp³-hybridized carbons (Fsp3) is 1.00. The highest BCUT2D eigenvalue weighted by Crippen LogP contribution is 2.20. The van der Waals surface area contributed by atoms with Crippen molar-refractivity contribution >= 4 is 0 Å². The second kappa shape index (κ2) is 4.83. The Labute approximate surface area is 74.9 Å². The Bertz CT molecular complexity index is 123. The lowest BCUT2D eigenvalue weighted by Crippen LogP contribution is -2.17. The highest BCUT2D eigenvalue weighted by Gasteiger charge is 2.25. The molecule has 0 bridgehead atoms. The fourth-order valence-corrected chi connectivity index (χ4v) is 1.65. The largest absolute Gasteiger partial charge is 0.390 e. The quantitative estimate of drug-likeness (QED) is 0.701. The first-order valence-corrected chi connectivity index (χ1v) is 4.96. The second-order valence-corrected chi connectivity index (χ2v) is 4.19. The molecular weight excluding hydrogens is 152 g/mol. The lowest BCUT2D eigenvalue weighted by Gasteiger charge is -2.12. The third-order valence-electron chi connectivity index (χ3n) is 2.52. The van der Waals surface area contributed by atoms with Crippen molar-refractivity contribution in [3.05, 3.63) is 0 Å². The first-order valence-electron chi connectivity index (χ1n) is 4.96. The molecule has 0 radical (unpaired) electrons. The van der Waals surface area contributed by atoms with Crippen LogP contribution < -0.4 is 0 Å². The maximum Gasteiger partial charge on any atom is 0.0823 e. The molecule has 0 aliphatic carbocycles. The van der Waals surface area contributed by atoms with E-state index in [-0.39, 0.29) is 6.10 Å². The predicted molar refractivity (Wildman–Crippen MR) is 49.0 cm³/mol. The van der Waals surface area contributed by atoms with E-state index >= 15 is 0 Å². The summed E-state index contributed by atoms with van der Waals surface area (Å²) in [7, 11) is 0. The van der Waals surface area contributed by atoms with E-state index < -0.39 is 0 Å². The van der Waals surface area contributed by atoms with Gasteiger partial charge in [0.2, 0.25) is 0 Å². The van der Waals surface area contributed by atoms with Crippen LogP contribution in [0.2, 0.25) is 0 Å². The molecule has 0 aromatic carbocycles. The van der Waals surface area contributed by atoms with Crippen LogP contribution in [0.3, 0.4) is 0 Å². The molecule has 0 saturated carbocycles. The molecule has 1 rings (SSSR count). The van der Waals surface area contributed by atoms with Crippen molar-refractivity contribution in [1.29, 1.82) is 0 Å². The Morgan fingerprint density at radius 1 is 1.42 bits per heavy atom. The van der Waals surface area contributed by atoms with Crippen molar-refractivity contribution in [3.63, 3.8) is 0 Å². The van der Waals surface area contributed by atoms with Gasteiger partial charge < -0.3 is 9.84 Å². The summed E-state index contributed by atoms with van der Waals surface area (Å²) in [5.74, 6) is 1.19. The van der Waals surface area contributed by atoms with Gasteiger partial charge in [0.05, 0.1) is 19.3 Å². The van der Waals surface area contributed by atoms with Crippen LogP contribution in [0.4, 0.5) is 0 Å². The monoisotopic (exact) mass is 172 g/mol. The van der Waals surface area contributed by atoms with Crippen LogP contribution in [0.25, 0.3) is 0 Å². The zero-order valence-corrected chi connectivity index (χ0v) is 8.12. The molecule has 1 fully saturated rings. The van der Waals surface area contributed by atoms with Gasteiger partial charge in [-0.2, -0.15) is 0 Å². The first kappa shape index (κ1) is 10.0. The van der Waals surface area contributed by atoms with Crippen LogP contribution in [-0.4, -0.2) is 24.4 Å². The van der Waals surface area contributed by atoms with Crippen LogP contribution in [0.5, 0.6) is 0 Å². The SMILES string of the molecule is CC(C)CCCC1COCC1O. The molecule has 12 heavy (non-hydrogen) atoms. The van der Waals surface area contributed by atoms with E-state index in [1.54, 1.807) is 0 Å². The Hall–Kier alpha value is -0.0800. The molecule has 2 atom stereocenters. The van der Waals surface area contributed by atoms with E-state index in [2.05, 4.69) is 13.8 Å². The molecule has 0 aromatic rings. The van der Waals surface area contributed by atoms with E-state index in [1.807, 2.05) is 0 Å². The summed E-state index contributed by atoms with van der Waals surface area (Å²) in [5, 5.41) is 9.43. The van der Waals surface area contributed by atoms with Crippen LogP contribution >= 0.6 is 0 Å². The van der Waals surface area contributed by atoms with E-state index in [9.17, 15) is 5.11 Å². The van der Waals surface area contributed by atoms with Crippen LogP contribution in [-0.2, 0) is 4.74 Å². The molecule has 0 spiro atoms. The number of ether oxygens (including phenoxy) is 1. The van der Waals surface area contributed by atoms with Crippen molar-refractivity contribution in [2.75, 3.05) is 13.2 Å². The average molecular weight is 172 g/mol. The molecule has 2 nitrogen and oxygen atoms in total. The number of aliphatic hydroxyl groups is 1. The Morgan fingerprint density at radius 3 is 2.67 bits per heavy atom. The van der Waals surface area contributed by atoms with E-state index in [1.165, 1.54) is 12.8 Å². The summed E-state index contributed by atoms with van der Waals surface area (Å²) >= 11 is 0. The minimum absolute atomic E-state index is 0.197. The van der Waals surface area contributed by atoms with Gasteiger partial charge >= 0.3 is 0 Å². The molecule has 1 N–H and O–H groups in total. The zero-order chi connectivity index (χ0) is 8.97. The minimum atomic E-state index is -0.197. The molecule has 1 aliphatic heterocycles. The number of hydrogen-bond acceptors (Lipinski definition) is 2. The highest BCUT2D eigenvalue weighted by atomic mass is 16.5. The minimum Gasteiger partial charge on any atom is -0.390 e. The van der Waals surface area contributed by atoms with Gasteiger partial charge in [-0.3, -0.25) is 0 Å². The zero-order valence-electron chi connectivity index (χ0n) is 8.12. The third-order valence-corrected chi connectivity index (χ3v) is 2.52. The Kier molecular flexibility index (Phi) is 4.02. The number of hydrogen-bond donors (Lipinski definition) is 1. The standard InChI is InChI=1S/C10H20O2/c1-8(2)4-3-5-9-6-12-7-10(9)11/h8-11H,3-7H2,1-2H3. The van der Waals surface area contributed by atoms with Crippen LogP contribution in [0, 0.1) is 11.8 Å². The smallest absolute Gasteiger partial charge is 0.0823 e. The maximum atomic E-state index is 9.43. The van der Waals surface area contributed by atoms with Gasteiger partial charge in [0, 0.05) is 5.92 Å². The molecule has 2 unspecified atom stereocenters. The van der Waals surface area contributed by atoms with Gasteiger partial charge in [-0.05, 0) is 12.3 Å². The van der Waals surface area contributed by atoms with Gasteiger partial charge in [-0.15, -0.1) is 0 Å². The Morgan fingerprint density at radius 2 is 2.17 bits per heavy atom. The number of rotatable bonds is 4. The van der Waals surface area contributed by atoms with Gasteiger partial charge in [0.25, 0.3) is 0 Å². The summed E-state index contributed by atoms with van der Waals surface area (Å²) in [6.45, 7) is 5.79. The lowest BCUT2D eigenvalue weighted by molar-refractivity contribution is 0.116. The molecule has 0 amide bonds. The van der Waals surface area contributed by atoms with Crippen molar-refractivity contribution < 1.29 is 9.84 Å². The summed E-state index contributed by atoms with van der Waals surface area (Å²) in [4.78, 5) is 0. The van der Waals surface area contributed by atoms with Gasteiger partial charge in [-0.25, -0.2) is 0 Å². The topological polar surface area (TPSA) is 29.5 Å². The average Bonchev–Trinajstić information content (AvgIpc) is 2.36. The fourth-order valence-electron chi connectivity index (χ4n) is 1.65. The lowest BCUT2D eigenvalue weighted by atomic mass is 9.96. The molecule has 1 saturated heterocycles. The maximum absolute atomic E-state index is 9.43. The highest BCUT2D eigenvalue weighted by molar-refractivity contribution is 4.73. The number of aliphatic hydroxyl groups excluding tert-OH is 1. The van der Waals surface area contributed by atoms with Crippen molar-refractivity contribution in [3.8, 4) is 0 Å². The van der Waals surface area contributed by atoms with Gasteiger partial charge in [0.15, 0.2) is 0 Å².